The van der Waals surface area contributed by atoms with Gasteiger partial charge in [0, 0.05) is 0 Å². The van der Waals surface area contributed by atoms with Crippen molar-refractivity contribution in [3.05, 3.63) is 0 Å². The standard InChI is InChI=1S/C4H11NO2S/c6-3-1-5(8)2-4-7/h5-7H,1-4H2. The van der Waals surface area contributed by atoms with Crippen LogP contribution in [0.1, 0.15) is 0 Å². The third kappa shape index (κ3) is 4.39. The minimum Gasteiger partial charge on any atom is -0.496 e. The molecular weight excluding hydrogens is 126 g/mol. The Hall–Kier alpha value is 0.230. The third-order valence-corrected chi connectivity index (χ3v) is 1.19. The van der Waals surface area contributed by atoms with E-state index in [1.807, 2.05) is 0 Å². The first-order chi connectivity index (χ1) is 3.81. The Kier molecular flexibility index (Phi) is 5.52. The number of rotatable bonds is 4. The Labute approximate surface area is 54.5 Å². The Morgan fingerprint density at radius 1 is 1.12 bits per heavy atom. The molecule has 0 aliphatic rings. The van der Waals surface area contributed by atoms with Crippen molar-refractivity contribution in [3.8, 4) is 0 Å². The second-order valence-corrected chi connectivity index (χ2v) is 2.06. The van der Waals surface area contributed by atoms with Crippen LogP contribution in [0.4, 0.5) is 0 Å². The molecule has 0 aromatic heterocycles. The molecule has 0 saturated heterocycles. The van der Waals surface area contributed by atoms with Crippen molar-refractivity contribution >= 4 is 12.8 Å². The Balaban J connectivity index is 2.92. The van der Waals surface area contributed by atoms with Crippen LogP contribution in [0.15, 0.2) is 0 Å². The maximum absolute atomic E-state index is 8.29. The van der Waals surface area contributed by atoms with Gasteiger partial charge >= 0.3 is 0 Å². The quantitative estimate of drug-likeness (QED) is 0.370. The van der Waals surface area contributed by atoms with Crippen LogP contribution in [-0.4, -0.2) is 36.5 Å². The van der Waals surface area contributed by atoms with Crippen LogP contribution >= 0.6 is 0 Å². The molecule has 0 amide bonds. The summed E-state index contributed by atoms with van der Waals surface area (Å²) in [6.07, 6.45) is 0. The van der Waals surface area contributed by atoms with Gasteiger partial charge in [0.1, 0.15) is 0 Å². The Morgan fingerprint density at radius 2 is 1.50 bits per heavy atom. The molecule has 0 bridgehead atoms. The SMILES string of the molecule is OCC[NH+]([S-])CCO. The fourth-order valence-corrected chi connectivity index (χ4v) is 0.557. The van der Waals surface area contributed by atoms with Crippen LogP contribution in [0.2, 0.25) is 0 Å². The fraction of sp³-hybridized carbons (Fsp3) is 1.00. The van der Waals surface area contributed by atoms with Crippen molar-refractivity contribution in [2.45, 2.75) is 0 Å². The van der Waals surface area contributed by atoms with Gasteiger partial charge in [0.25, 0.3) is 0 Å². The zero-order valence-electron chi connectivity index (χ0n) is 4.63. The highest BCUT2D eigenvalue weighted by Gasteiger charge is 1.88. The largest absolute Gasteiger partial charge is 0.496 e. The van der Waals surface area contributed by atoms with E-state index in [-0.39, 0.29) is 13.2 Å². The zero-order chi connectivity index (χ0) is 6.41. The molecule has 0 saturated carbocycles. The number of quaternary nitrogens is 1. The predicted molar refractivity (Wildman–Crippen MR) is 32.2 cm³/mol. The summed E-state index contributed by atoms with van der Waals surface area (Å²) < 4.78 is 0.745. The number of hydrogen-bond acceptors (Lipinski definition) is 3. The molecule has 0 aliphatic heterocycles. The topological polar surface area (TPSA) is 44.9 Å². The minimum atomic E-state index is 0.0961. The highest BCUT2D eigenvalue weighted by atomic mass is 32.1. The monoisotopic (exact) mass is 137 g/mol. The molecule has 0 unspecified atom stereocenters. The summed E-state index contributed by atoms with van der Waals surface area (Å²) in [5, 5.41) is 16.6. The lowest BCUT2D eigenvalue weighted by molar-refractivity contribution is -0.755. The summed E-state index contributed by atoms with van der Waals surface area (Å²) >= 11 is 4.73. The molecule has 0 rings (SSSR count). The summed E-state index contributed by atoms with van der Waals surface area (Å²) in [5.74, 6) is 0. The van der Waals surface area contributed by atoms with Crippen LogP contribution in [-0.2, 0) is 12.8 Å². The number of hydrogen-bond donors (Lipinski definition) is 3. The maximum atomic E-state index is 8.29. The van der Waals surface area contributed by atoms with Gasteiger partial charge in [0.2, 0.25) is 0 Å². The van der Waals surface area contributed by atoms with Gasteiger partial charge < -0.3 is 27.3 Å². The normalized spacial score (nSPS) is 10.5. The van der Waals surface area contributed by atoms with E-state index in [1.54, 1.807) is 0 Å². The Bertz CT molecular complexity index is 47.3. The highest BCUT2D eigenvalue weighted by molar-refractivity contribution is 7.51. The molecule has 0 spiro atoms. The van der Waals surface area contributed by atoms with Crippen molar-refractivity contribution in [1.29, 1.82) is 0 Å². The van der Waals surface area contributed by atoms with Crippen LogP contribution in [0, 0.1) is 0 Å². The predicted octanol–water partition coefficient (Wildman–Crippen LogP) is -2.68. The van der Waals surface area contributed by atoms with Crippen LogP contribution < -0.4 is 4.31 Å². The van der Waals surface area contributed by atoms with E-state index in [4.69, 9.17) is 23.0 Å². The molecule has 50 valence electrons. The average molecular weight is 137 g/mol. The van der Waals surface area contributed by atoms with Gasteiger partial charge in [-0.15, -0.1) is 0 Å². The molecule has 0 aromatic carbocycles. The number of aliphatic hydroxyl groups is 2. The molecule has 0 atom stereocenters. The fourth-order valence-electron chi connectivity index (χ4n) is 0.374. The van der Waals surface area contributed by atoms with Crippen LogP contribution in [0.3, 0.4) is 0 Å². The summed E-state index contributed by atoms with van der Waals surface area (Å²) in [7, 11) is 0. The molecule has 0 radical (unpaired) electrons. The minimum absolute atomic E-state index is 0.0961. The van der Waals surface area contributed by atoms with Crippen molar-refractivity contribution in [2.24, 2.45) is 0 Å². The summed E-state index contributed by atoms with van der Waals surface area (Å²) in [6, 6.07) is 0. The van der Waals surface area contributed by atoms with Gasteiger partial charge in [-0.2, -0.15) is 0 Å². The first-order valence-corrected chi connectivity index (χ1v) is 2.95. The molecule has 0 aromatic rings. The molecule has 0 aliphatic carbocycles. The van der Waals surface area contributed by atoms with Crippen LogP contribution in [0.5, 0.6) is 0 Å². The molecule has 3 nitrogen and oxygen atoms in total. The smallest absolute Gasteiger partial charge is 0.0908 e. The van der Waals surface area contributed by atoms with E-state index < -0.39 is 0 Å². The summed E-state index contributed by atoms with van der Waals surface area (Å²) in [6.45, 7) is 1.27. The van der Waals surface area contributed by atoms with Crippen molar-refractivity contribution < 1.29 is 14.5 Å². The van der Waals surface area contributed by atoms with Crippen molar-refractivity contribution in [3.63, 3.8) is 0 Å². The molecule has 3 N–H and O–H groups in total. The average Bonchev–Trinajstić information content (AvgIpc) is 1.68. The lowest BCUT2D eigenvalue weighted by Gasteiger charge is -2.20. The molecule has 0 fully saturated rings. The lowest BCUT2D eigenvalue weighted by atomic mass is 10.6. The van der Waals surface area contributed by atoms with E-state index >= 15 is 0 Å². The van der Waals surface area contributed by atoms with Gasteiger partial charge in [0.05, 0.1) is 26.3 Å². The van der Waals surface area contributed by atoms with Gasteiger partial charge in [-0.05, 0) is 0 Å². The molecule has 0 heterocycles. The zero-order valence-corrected chi connectivity index (χ0v) is 5.45. The second-order valence-electron chi connectivity index (χ2n) is 1.49. The van der Waals surface area contributed by atoms with Crippen molar-refractivity contribution in [2.75, 3.05) is 26.3 Å². The Morgan fingerprint density at radius 3 is 1.75 bits per heavy atom. The van der Waals surface area contributed by atoms with Gasteiger partial charge in [0.15, 0.2) is 0 Å². The molecular formula is C4H11NO2S. The number of aliphatic hydroxyl groups excluding tert-OH is 2. The second kappa shape index (κ2) is 5.37. The molecule has 4 heteroatoms. The summed E-state index contributed by atoms with van der Waals surface area (Å²) in [4.78, 5) is 0. The van der Waals surface area contributed by atoms with Crippen LogP contribution in [0.25, 0.3) is 0 Å². The highest BCUT2D eigenvalue weighted by Crippen LogP contribution is 1.46. The molecule has 8 heavy (non-hydrogen) atoms. The van der Waals surface area contributed by atoms with E-state index in [0.29, 0.717) is 13.1 Å². The van der Waals surface area contributed by atoms with E-state index in [2.05, 4.69) is 0 Å². The van der Waals surface area contributed by atoms with Crippen molar-refractivity contribution in [1.82, 2.24) is 0 Å². The first kappa shape index (κ1) is 8.23. The summed E-state index contributed by atoms with van der Waals surface area (Å²) in [5.41, 5.74) is 0. The lowest BCUT2D eigenvalue weighted by Crippen LogP contribution is -3.08. The van der Waals surface area contributed by atoms with Gasteiger partial charge in [-0.1, -0.05) is 0 Å². The third-order valence-electron chi connectivity index (χ3n) is 0.781. The van der Waals surface area contributed by atoms with Gasteiger partial charge in [-0.3, -0.25) is 0 Å². The van der Waals surface area contributed by atoms with E-state index in [0.717, 1.165) is 4.31 Å². The maximum Gasteiger partial charge on any atom is 0.0908 e. The number of nitrogens with one attached hydrogen (secondary N) is 1. The van der Waals surface area contributed by atoms with E-state index in [9.17, 15) is 0 Å². The first-order valence-electron chi connectivity index (χ1n) is 2.54. The van der Waals surface area contributed by atoms with E-state index in [1.165, 1.54) is 0 Å². The van der Waals surface area contributed by atoms with Gasteiger partial charge in [-0.25, -0.2) is 0 Å².